The van der Waals surface area contributed by atoms with Crippen LogP contribution in [0.2, 0.25) is 0 Å². The summed E-state index contributed by atoms with van der Waals surface area (Å²) in [5, 5.41) is 9.61. The SMILES string of the molecule is CCOC[C@@H](O)CC1CCCN1C. The van der Waals surface area contributed by atoms with E-state index in [1.807, 2.05) is 6.92 Å². The van der Waals surface area contributed by atoms with Crippen LogP contribution in [0.3, 0.4) is 0 Å². The van der Waals surface area contributed by atoms with Crippen molar-refractivity contribution in [2.75, 3.05) is 26.8 Å². The van der Waals surface area contributed by atoms with Crippen LogP contribution in [0.4, 0.5) is 0 Å². The molecule has 3 heteroatoms. The van der Waals surface area contributed by atoms with Crippen molar-refractivity contribution in [3.05, 3.63) is 0 Å². The van der Waals surface area contributed by atoms with Gasteiger partial charge in [-0.05, 0) is 39.8 Å². The van der Waals surface area contributed by atoms with Crippen molar-refractivity contribution in [1.82, 2.24) is 4.90 Å². The molecule has 3 nitrogen and oxygen atoms in total. The Morgan fingerprint density at radius 3 is 2.92 bits per heavy atom. The van der Waals surface area contributed by atoms with Crippen LogP contribution >= 0.6 is 0 Å². The molecule has 1 N–H and O–H groups in total. The predicted molar refractivity (Wildman–Crippen MR) is 52.8 cm³/mol. The maximum Gasteiger partial charge on any atom is 0.0788 e. The fraction of sp³-hybridized carbons (Fsp3) is 1.00. The van der Waals surface area contributed by atoms with Crippen molar-refractivity contribution < 1.29 is 9.84 Å². The molecule has 0 aromatic heterocycles. The molecule has 2 atom stereocenters. The topological polar surface area (TPSA) is 32.7 Å². The highest BCUT2D eigenvalue weighted by Gasteiger charge is 2.23. The quantitative estimate of drug-likeness (QED) is 0.693. The van der Waals surface area contributed by atoms with Crippen molar-refractivity contribution in [3.8, 4) is 0 Å². The van der Waals surface area contributed by atoms with E-state index in [2.05, 4.69) is 11.9 Å². The van der Waals surface area contributed by atoms with Crippen LogP contribution in [0.25, 0.3) is 0 Å². The number of rotatable bonds is 5. The Balaban J connectivity index is 2.15. The zero-order valence-corrected chi connectivity index (χ0v) is 8.70. The van der Waals surface area contributed by atoms with Crippen molar-refractivity contribution >= 4 is 0 Å². The van der Waals surface area contributed by atoms with E-state index < -0.39 is 0 Å². The minimum absolute atomic E-state index is 0.287. The molecule has 13 heavy (non-hydrogen) atoms. The highest BCUT2D eigenvalue weighted by molar-refractivity contribution is 4.78. The molecule has 1 rings (SSSR count). The lowest BCUT2D eigenvalue weighted by atomic mass is 10.1. The van der Waals surface area contributed by atoms with Crippen molar-refractivity contribution in [2.45, 2.75) is 38.3 Å². The summed E-state index contributed by atoms with van der Waals surface area (Å²) in [5.41, 5.74) is 0. The summed E-state index contributed by atoms with van der Waals surface area (Å²) < 4.78 is 5.17. The normalized spacial score (nSPS) is 26.5. The Kier molecular flexibility index (Phi) is 4.70. The van der Waals surface area contributed by atoms with E-state index in [1.165, 1.54) is 19.4 Å². The first kappa shape index (κ1) is 11.0. The van der Waals surface area contributed by atoms with E-state index in [1.54, 1.807) is 0 Å². The Labute approximate surface area is 80.7 Å². The molecule has 1 aliphatic rings. The lowest BCUT2D eigenvalue weighted by Gasteiger charge is -2.22. The summed E-state index contributed by atoms with van der Waals surface area (Å²) in [7, 11) is 2.13. The third-order valence-corrected chi connectivity index (χ3v) is 2.73. The van der Waals surface area contributed by atoms with Crippen LogP contribution in [0.15, 0.2) is 0 Å². The maximum atomic E-state index is 9.61. The van der Waals surface area contributed by atoms with Crippen molar-refractivity contribution in [1.29, 1.82) is 0 Å². The zero-order chi connectivity index (χ0) is 9.68. The second-order valence-corrected chi connectivity index (χ2v) is 3.83. The van der Waals surface area contributed by atoms with E-state index in [0.29, 0.717) is 19.3 Å². The van der Waals surface area contributed by atoms with Gasteiger partial charge in [-0.1, -0.05) is 0 Å². The number of hydrogen-bond donors (Lipinski definition) is 1. The number of ether oxygens (including phenoxy) is 1. The summed E-state index contributed by atoms with van der Waals surface area (Å²) in [4.78, 5) is 2.33. The Hall–Kier alpha value is -0.120. The van der Waals surface area contributed by atoms with Crippen LogP contribution in [-0.4, -0.2) is 49.0 Å². The minimum Gasteiger partial charge on any atom is -0.391 e. The van der Waals surface area contributed by atoms with E-state index in [0.717, 1.165) is 6.42 Å². The molecule has 0 amide bonds. The molecular formula is C10H21NO2. The number of aliphatic hydroxyl groups excluding tert-OH is 1. The first-order chi connectivity index (χ1) is 6.24. The van der Waals surface area contributed by atoms with Crippen LogP contribution in [0.1, 0.15) is 26.2 Å². The fourth-order valence-corrected chi connectivity index (χ4v) is 1.91. The molecule has 1 saturated heterocycles. The highest BCUT2D eigenvalue weighted by atomic mass is 16.5. The number of hydrogen-bond acceptors (Lipinski definition) is 3. The van der Waals surface area contributed by atoms with Crippen LogP contribution in [0.5, 0.6) is 0 Å². The van der Waals surface area contributed by atoms with Gasteiger partial charge in [-0.15, -0.1) is 0 Å². The van der Waals surface area contributed by atoms with Gasteiger partial charge in [0.15, 0.2) is 0 Å². The monoisotopic (exact) mass is 187 g/mol. The van der Waals surface area contributed by atoms with Gasteiger partial charge in [0, 0.05) is 12.6 Å². The van der Waals surface area contributed by atoms with Gasteiger partial charge >= 0.3 is 0 Å². The average molecular weight is 187 g/mol. The maximum absolute atomic E-state index is 9.61. The number of nitrogens with zero attached hydrogens (tertiary/aromatic N) is 1. The molecular weight excluding hydrogens is 166 g/mol. The first-order valence-corrected chi connectivity index (χ1v) is 5.20. The fourth-order valence-electron chi connectivity index (χ4n) is 1.91. The van der Waals surface area contributed by atoms with Crippen molar-refractivity contribution in [2.24, 2.45) is 0 Å². The largest absolute Gasteiger partial charge is 0.391 e. The summed E-state index contributed by atoms with van der Waals surface area (Å²) in [6.45, 7) is 4.30. The average Bonchev–Trinajstić information content (AvgIpc) is 2.48. The highest BCUT2D eigenvalue weighted by Crippen LogP contribution is 2.19. The van der Waals surface area contributed by atoms with E-state index in [-0.39, 0.29) is 6.10 Å². The lowest BCUT2D eigenvalue weighted by molar-refractivity contribution is 0.0267. The standard InChI is InChI=1S/C10H21NO2/c1-3-13-8-10(12)7-9-5-4-6-11(9)2/h9-10,12H,3-8H2,1-2H3/t9?,10-/m0/s1. The summed E-state index contributed by atoms with van der Waals surface area (Å²) in [6, 6.07) is 0.565. The minimum atomic E-state index is -0.287. The molecule has 0 aromatic carbocycles. The molecule has 0 aromatic rings. The lowest BCUT2D eigenvalue weighted by Crippen LogP contribution is -2.30. The molecule has 1 aliphatic heterocycles. The van der Waals surface area contributed by atoms with Gasteiger partial charge in [-0.25, -0.2) is 0 Å². The molecule has 1 fully saturated rings. The number of aliphatic hydroxyl groups is 1. The van der Waals surface area contributed by atoms with E-state index in [4.69, 9.17) is 4.74 Å². The molecule has 1 unspecified atom stereocenters. The van der Waals surface area contributed by atoms with Gasteiger partial charge in [0.2, 0.25) is 0 Å². The summed E-state index contributed by atoms with van der Waals surface area (Å²) in [5.74, 6) is 0. The molecule has 0 saturated carbocycles. The Bertz CT molecular complexity index is 141. The third kappa shape index (κ3) is 3.63. The third-order valence-electron chi connectivity index (χ3n) is 2.73. The Morgan fingerprint density at radius 2 is 2.38 bits per heavy atom. The zero-order valence-electron chi connectivity index (χ0n) is 8.70. The van der Waals surface area contributed by atoms with Crippen LogP contribution in [0, 0.1) is 0 Å². The second-order valence-electron chi connectivity index (χ2n) is 3.83. The molecule has 0 radical (unpaired) electrons. The molecule has 78 valence electrons. The summed E-state index contributed by atoms with van der Waals surface area (Å²) >= 11 is 0. The van der Waals surface area contributed by atoms with Crippen LogP contribution < -0.4 is 0 Å². The van der Waals surface area contributed by atoms with Gasteiger partial charge in [0.25, 0.3) is 0 Å². The molecule has 0 spiro atoms. The van der Waals surface area contributed by atoms with Gasteiger partial charge in [-0.3, -0.25) is 0 Å². The predicted octanol–water partition coefficient (Wildman–Crippen LogP) is 0.868. The van der Waals surface area contributed by atoms with E-state index in [9.17, 15) is 5.11 Å². The first-order valence-electron chi connectivity index (χ1n) is 5.20. The van der Waals surface area contributed by atoms with Crippen molar-refractivity contribution in [3.63, 3.8) is 0 Å². The van der Waals surface area contributed by atoms with Crippen LogP contribution in [-0.2, 0) is 4.74 Å². The smallest absolute Gasteiger partial charge is 0.0788 e. The molecule has 1 heterocycles. The number of likely N-dealkylation sites (tertiary alicyclic amines) is 1. The van der Waals surface area contributed by atoms with Gasteiger partial charge in [0.1, 0.15) is 0 Å². The summed E-state index contributed by atoms with van der Waals surface area (Å²) in [6.07, 6.45) is 3.06. The molecule has 0 bridgehead atoms. The van der Waals surface area contributed by atoms with Gasteiger partial charge in [0.05, 0.1) is 12.7 Å². The van der Waals surface area contributed by atoms with Gasteiger partial charge < -0.3 is 14.7 Å². The Morgan fingerprint density at radius 1 is 1.62 bits per heavy atom. The van der Waals surface area contributed by atoms with E-state index >= 15 is 0 Å². The van der Waals surface area contributed by atoms with Gasteiger partial charge in [-0.2, -0.15) is 0 Å². The molecule has 0 aliphatic carbocycles. The second kappa shape index (κ2) is 5.58.